The molecule has 1 heterocycles. The number of nitrogens with zero attached hydrogens (tertiary/aromatic N) is 1. The van der Waals surface area contributed by atoms with E-state index >= 15 is 0 Å². The number of carboxylic acids is 1. The monoisotopic (exact) mass is 235 g/mol. The molecule has 90 valence electrons. The second-order valence-electron chi connectivity index (χ2n) is 3.91. The van der Waals surface area contributed by atoms with Gasteiger partial charge in [0.2, 0.25) is 0 Å². The molecule has 5 heteroatoms. The highest BCUT2D eigenvalue weighted by molar-refractivity contribution is 5.95. The molecule has 0 radical (unpaired) electrons. The van der Waals surface area contributed by atoms with Gasteiger partial charge in [-0.25, -0.2) is 9.59 Å². The molecule has 0 saturated carbocycles. The van der Waals surface area contributed by atoms with E-state index in [1.807, 2.05) is 0 Å². The Kier molecular flexibility index (Phi) is 2.99. The third-order valence-corrected chi connectivity index (χ3v) is 2.89. The molecule has 17 heavy (non-hydrogen) atoms. The van der Waals surface area contributed by atoms with E-state index in [1.54, 1.807) is 30.1 Å². The fourth-order valence-corrected chi connectivity index (χ4v) is 1.97. The highest BCUT2D eigenvalue weighted by Gasteiger charge is 2.31. The molecule has 1 saturated heterocycles. The van der Waals surface area contributed by atoms with Crippen LogP contribution in [-0.2, 0) is 9.53 Å². The van der Waals surface area contributed by atoms with E-state index < -0.39 is 12.0 Å². The summed E-state index contributed by atoms with van der Waals surface area (Å²) in [5.74, 6) is -1.30. The number of esters is 1. The van der Waals surface area contributed by atoms with Gasteiger partial charge in [0.25, 0.3) is 0 Å². The Labute approximate surface area is 98.6 Å². The minimum Gasteiger partial charge on any atom is -0.478 e. The van der Waals surface area contributed by atoms with Crippen LogP contribution in [0.5, 0.6) is 0 Å². The summed E-state index contributed by atoms with van der Waals surface area (Å²) in [5.41, 5.74) is 0.721. The van der Waals surface area contributed by atoms with Gasteiger partial charge in [0.05, 0.1) is 17.9 Å². The van der Waals surface area contributed by atoms with Crippen LogP contribution in [0.25, 0.3) is 0 Å². The number of cyclic esters (lactones) is 1. The molecule has 1 atom stereocenters. The molecule has 1 aromatic rings. The number of rotatable bonds is 3. The lowest BCUT2D eigenvalue weighted by atomic mass is 10.1. The molecular formula is C12H13NO4. The number of para-hydroxylation sites is 1. The molecule has 1 aliphatic heterocycles. The molecule has 0 aliphatic carbocycles. The first-order chi connectivity index (χ1) is 8.11. The van der Waals surface area contributed by atoms with Gasteiger partial charge in [0.1, 0.15) is 6.04 Å². The summed E-state index contributed by atoms with van der Waals surface area (Å²) in [6.07, 6.45) is 0.587. The maximum Gasteiger partial charge on any atom is 0.337 e. The summed E-state index contributed by atoms with van der Waals surface area (Å²) in [4.78, 5) is 24.2. The van der Waals surface area contributed by atoms with Crippen LogP contribution >= 0.6 is 0 Å². The number of carboxylic acid groups (broad SMARTS) is 1. The van der Waals surface area contributed by atoms with Crippen LogP contribution in [-0.4, -0.2) is 36.7 Å². The Bertz CT molecular complexity index is 458. The largest absolute Gasteiger partial charge is 0.478 e. The van der Waals surface area contributed by atoms with E-state index in [1.165, 1.54) is 6.07 Å². The Morgan fingerprint density at radius 3 is 2.76 bits per heavy atom. The Morgan fingerprint density at radius 1 is 1.47 bits per heavy atom. The third-order valence-electron chi connectivity index (χ3n) is 2.89. The molecule has 1 aromatic carbocycles. The second kappa shape index (κ2) is 4.45. The Hall–Kier alpha value is -2.04. The van der Waals surface area contributed by atoms with Gasteiger partial charge in [0.15, 0.2) is 0 Å². The molecule has 0 aromatic heterocycles. The average Bonchev–Trinajstić information content (AvgIpc) is 2.74. The predicted molar refractivity (Wildman–Crippen MR) is 61.2 cm³/mol. The van der Waals surface area contributed by atoms with Crippen LogP contribution in [0.2, 0.25) is 0 Å². The van der Waals surface area contributed by atoms with Gasteiger partial charge in [-0.1, -0.05) is 12.1 Å². The number of hydrogen-bond acceptors (Lipinski definition) is 4. The summed E-state index contributed by atoms with van der Waals surface area (Å²) in [6.45, 7) is 0.392. The van der Waals surface area contributed by atoms with Gasteiger partial charge in [-0.15, -0.1) is 0 Å². The molecular weight excluding hydrogens is 222 g/mol. The van der Waals surface area contributed by atoms with Crippen LogP contribution in [0.15, 0.2) is 24.3 Å². The quantitative estimate of drug-likeness (QED) is 0.796. The van der Waals surface area contributed by atoms with E-state index in [0.717, 1.165) is 0 Å². The molecule has 0 spiro atoms. The van der Waals surface area contributed by atoms with Crippen LogP contribution in [0, 0.1) is 0 Å². The zero-order valence-corrected chi connectivity index (χ0v) is 9.42. The number of ether oxygens (including phenoxy) is 1. The van der Waals surface area contributed by atoms with Crippen molar-refractivity contribution in [3.05, 3.63) is 29.8 Å². The summed E-state index contributed by atoms with van der Waals surface area (Å²) in [7, 11) is 1.71. The maximum atomic E-state index is 11.5. The van der Waals surface area contributed by atoms with Crippen molar-refractivity contribution in [3.8, 4) is 0 Å². The fraction of sp³-hybridized carbons (Fsp3) is 0.333. The molecule has 1 fully saturated rings. The lowest BCUT2D eigenvalue weighted by molar-refractivity contribution is -0.139. The van der Waals surface area contributed by atoms with Crippen molar-refractivity contribution in [2.75, 3.05) is 18.6 Å². The first kappa shape index (κ1) is 11.4. The SMILES string of the molecule is CN(c1ccccc1C(=O)O)C1CCOC1=O. The number of hydrogen-bond donors (Lipinski definition) is 1. The molecule has 1 aliphatic rings. The van der Waals surface area contributed by atoms with Crippen molar-refractivity contribution in [3.63, 3.8) is 0 Å². The Morgan fingerprint density at radius 2 is 2.18 bits per heavy atom. The van der Waals surface area contributed by atoms with Gasteiger partial charge >= 0.3 is 11.9 Å². The van der Waals surface area contributed by atoms with Crippen molar-refractivity contribution >= 4 is 17.6 Å². The molecule has 2 rings (SSSR count). The molecule has 1 N–H and O–H groups in total. The van der Waals surface area contributed by atoms with Gasteiger partial charge in [0, 0.05) is 13.5 Å². The maximum absolute atomic E-state index is 11.5. The molecule has 0 amide bonds. The van der Waals surface area contributed by atoms with Crippen LogP contribution in [0.4, 0.5) is 5.69 Å². The van der Waals surface area contributed by atoms with Crippen molar-refractivity contribution < 1.29 is 19.4 Å². The van der Waals surface area contributed by atoms with E-state index in [2.05, 4.69) is 0 Å². The van der Waals surface area contributed by atoms with Gasteiger partial charge in [-0.3, -0.25) is 0 Å². The zero-order chi connectivity index (χ0) is 12.4. The van der Waals surface area contributed by atoms with Crippen molar-refractivity contribution in [1.82, 2.24) is 0 Å². The second-order valence-corrected chi connectivity index (χ2v) is 3.91. The molecule has 5 nitrogen and oxygen atoms in total. The number of likely N-dealkylation sites (N-methyl/N-ethyl adjacent to an activating group) is 1. The van der Waals surface area contributed by atoms with Gasteiger partial charge in [-0.05, 0) is 12.1 Å². The van der Waals surface area contributed by atoms with Gasteiger partial charge in [-0.2, -0.15) is 0 Å². The number of carbonyl (C=O) groups excluding carboxylic acids is 1. The summed E-state index contributed by atoms with van der Waals surface area (Å²) < 4.78 is 4.88. The van der Waals surface area contributed by atoms with Crippen molar-refractivity contribution in [2.24, 2.45) is 0 Å². The van der Waals surface area contributed by atoms with Crippen LogP contribution < -0.4 is 4.90 Å². The summed E-state index contributed by atoms with van der Waals surface area (Å²) in [5, 5.41) is 9.08. The topological polar surface area (TPSA) is 66.8 Å². The molecule has 0 bridgehead atoms. The first-order valence-electron chi connectivity index (χ1n) is 5.33. The number of aromatic carboxylic acids is 1. The minimum atomic E-state index is -1.00. The standard InChI is InChI=1S/C12H13NO4/c1-13(10-6-7-17-12(10)16)9-5-3-2-4-8(9)11(14)15/h2-5,10H,6-7H2,1H3,(H,14,15). The smallest absolute Gasteiger partial charge is 0.337 e. The number of benzene rings is 1. The highest BCUT2D eigenvalue weighted by atomic mass is 16.5. The predicted octanol–water partition coefficient (Wildman–Crippen LogP) is 1.14. The minimum absolute atomic E-state index is 0.190. The summed E-state index contributed by atoms with van der Waals surface area (Å²) >= 11 is 0. The van der Waals surface area contributed by atoms with E-state index in [4.69, 9.17) is 9.84 Å². The van der Waals surface area contributed by atoms with E-state index in [-0.39, 0.29) is 11.5 Å². The number of carbonyl (C=O) groups is 2. The van der Waals surface area contributed by atoms with Crippen LogP contribution in [0.1, 0.15) is 16.8 Å². The normalized spacial score (nSPS) is 18.9. The Balaban J connectivity index is 2.33. The van der Waals surface area contributed by atoms with Crippen LogP contribution in [0.3, 0.4) is 0 Å². The lowest BCUT2D eigenvalue weighted by Gasteiger charge is -2.24. The van der Waals surface area contributed by atoms with Crippen molar-refractivity contribution in [2.45, 2.75) is 12.5 Å². The average molecular weight is 235 g/mol. The highest BCUT2D eigenvalue weighted by Crippen LogP contribution is 2.24. The summed E-state index contributed by atoms with van der Waals surface area (Å²) in [6, 6.07) is 6.23. The fourth-order valence-electron chi connectivity index (χ4n) is 1.97. The third kappa shape index (κ3) is 2.08. The first-order valence-corrected chi connectivity index (χ1v) is 5.33. The number of anilines is 1. The van der Waals surface area contributed by atoms with Gasteiger partial charge < -0.3 is 14.7 Å². The molecule has 1 unspecified atom stereocenters. The van der Waals surface area contributed by atoms with E-state index in [9.17, 15) is 9.59 Å². The van der Waals surface area contributed by atoms with Crippen molar-refractivity contribution in [1.29, 1.82) is 0 Å². The van der Waals surface area contributed by atoms with E-state index in [0.29, 0.717) is 18.7 Å². The lowest BCUT2D eigenvalue weighted by Crippen LogP contribution is -2.36. The zero-order valence-electron chi connectivity index (χ0n) is 9.42.